The second-order valence-corrected chi connectivity index (χ2v) is 9.20. The van der Waals surface area contributed by atoms with E-state index in [0.29, 0.717) is 5.92 Å². The number of imidazole rings is 1. The first-order valence-electron chi connectivity index (χ1n) is 10.9. The quantitative estimate of drug-likeness (QED) is 0.330. The van der Waals surface area contributed by atoms with Crippen molar-refractivity contribution in [2.45, 2.75) is 24.5 Å². The van der Waals surface area contributed by atoms with Crippen molar-refractivity contribution in [3.05, 3.63) is 90.1 Å². The summed E-state index contributed by atoms with van der Waals surface area (Å²) in [4.78, 5) is 5.15. The van der Waals surface area contributed by atoms with Crippen LogP contribution < -0.4 is 4.74 Å². The SMILES string of the molecule is COc1cccc(-c2nc([C@H]3CCCN(SCc4ccc(F)cc4)C3)n3ccccc23)c1. The predicted molar refractivity (Wildman–Crippen MR) is 128 cm³/mol. The molecule has 1 aliphatic rings. The van der Waals surface area contributed by atoms with Crippen molar-refractivity contribution in [1.82, 2.24) is 13.7 Å². The molecule has 0 amide bonds. The van der Waals surface area contributed by atoms with E-state index in [1.165, 1.54) is 12.1 Å². The van der Waals surface area contributed by atoms with E-state index in [1.807, 2.05) is 42.3 Å². The van der Waals surface area contributed by atoms with Crippen LogP contribution in [-0.2, 0) is 5.75 Å². The Morgan fingerprint density at radius 2 is 1.97 bits per heavy atom. The van der Waals surface area contributed by atoms with E-state index in [4.69, 9.17) is 9.72 Å². The number of benzene rings is 2. The molecule has 5 rings (SSSR count). The largest absolute Gasteiger partial charge is 0.497 e. The summed E-state index contributed by atoms with van der Waals surface area (Å²) < 4.78 is 23.3. The number of hydrogen-bond acceptors (Lipinski definition) is 4. The van der Waals surface area contributed by atoms with Crippen LogP contribution in [0, 0.1) is 5.82 Å². The fourth-order valence-corrected chi connectivity index (χ4v) is 5.42. The summed E-state index contributed by atoms with van der Waals surface area (Å²) in [5.41, 5.74) is 4.32. The standard InChI is InChI=1S/C26H26FN3OS/c1-31-23-8-4-6-20(16-23)25-24-9-2-3-15-30(24)26(28-25)21-7-5-14-29(17-21)32-18-19-10-12-22(27)13-11-19/h2-4,6,8-13,15-16,21H,5,7,14,17-18H2,1H3/t21-/m0/s1. The Labute approximate surface area is 192 Å². The molecule has 4 nitrogen and oxygen atoms in total. The van der Waals surface area contributed by atoms with E-state index in [2.05, 4.69) is 39.2 Å². The van der Waals surface area contributed by atoms with E-state index in [-0.39, 0.29) is 5.82 Å². The van der Waals surface area contributed by atoms with Crippen molar-refractivity contribution in [3.63, 3.8) is 0 Å². The molecule has 1 fully saturated rings. The Balaban J connectivity index is 1.39. The molecule has 2 aromatic heterocycles. The van der Waals surface area contributed by atoms with Crippen molar-refractivity contribution in [3.8, 4) is 17.0 Å². The maximum atomic E-state index is 13.2. The van der Waals surface area contributed by atoms with Crippen molar-refractivity contribution in [1.29, 1.82) is 0 Å². The van der Waals surface area contributed by atoms with Gasteiger partial charge in [0.1, 0.15) is 17.4 Å². The van der Waals surface area contributed by atoms with Gasteiger partial charge in [0.05, 0.1) is 18.3 Å². The summed E-state index contributed by atoms with van der Waals surface area (Å²) in [5.74, 6) is 2.98. The van der Waals surface area contributed by atoms with E-state index in [9.17, 15) is 4.39 Å². The van der Waals surface area contributed by atoms with Gasteiger partial charge in [0, 0.05) is 36.5 Å². The molecule has 0 saturated carbocycles. The maximum absolute atomic E-state index is 13.2. The highest BCUT2D eigenvalue weighted by Gasteiger charge is 2.26. The summed E-state index contributed by atoms with van der Waals surface area (Å²) in [6.07, 6.45) is 4.38. The lowest BCUT2D eigenvalue weighted by atomic mass is 9.99. The minimum absolute atomic E-state index is 0.185. The summed E-state index contributed by atoms with van der Waals surface area (Å²) in [6.45, 7) is 2.02. The predicted octanol–water partition coefficient (Wildman–Crippen LogP) is 6.18. The van der Waals surface area contributed by atoms with Gasteiger partial charge in [-0.05, 0) is 54.8 Å². The molecule has 0 aliphatic carbocycles. The number of piperidine rings is 1. The number of methoxy groups -OCH3 is 1. The Morgan fingerprint density at radius 3 is 2.81 bits per heavy atom. The van der Waals surface area contributed by atoms with Crippen LogP contribution in [0.4, 0.5) is 4.39 Å². The highest BCUT2D eigenvalue weighted by molar-refractivity contribution is 7.96. The summed E-state index contributed by atoms with van der Waals surface area (Å²) >= 11 is 1.83. The second-order valence-electron chi connectivity index (χ2n) is 8.13. The van der Waals surface area contributed by atoms with Gasteiger partial charge in [-0.25, -0.2) is 13.7 Å². The molecular weight excluding hydrogens is 421 g/mol. The average molecular weight is 448 g/mol. The molecule has 32 heavy (non-hydrogen) atoms. The van der Waals surface area contributed by atoms with Crippen LogP contribution in [-0.4, -0.2) is 33.9 Å². The van der Waals surface area contributed by atoms with Crippen molar-refractivity contribution in [2.75, 3.05) is 20.2 Å². The lowest BCUT2D eigenvalue weighted by molar-refractivity contribution is 0.333. The Hall–Kier alpha value is -2.83. The van der Waals surface area contributed by atoms with E-state index in [1.54, 1.807) is 7.11 Å². The molecule has 4 aromatic rings. The number of nitrogens with zero attached hydrogens (tertiary/aromatic N) is 3. The first-order chi connectivity index (χ1) is 15.7. The van der Waals surface area contributed by atoms with Gasteiger partial charge in [-0.2, -0.15) is 0 Å². The average Bonchev–Trinajstić information content (AvgIpc) is 3.24. The molecule has 0 spiro atoms. The molecule has 1 atom stereocenters. The highest BCUT2D eigenvalue weighted by Crippen LogP contribution is 2.35. The molecule has 0 N–H and O–H groups in total. The second kappa shape index (κ2) is 9.35. The molecule has 0 bridgehead atoms. The van der Waals surface area contributed by atoms with Crippen LogP contribution in [0.25, 0.3) is 16.8 Å². The number of hydrogen-bond donors (Lipinski definition) is 0. The van der Waals surface area contributed by atoms with Gasteiger partial charge >= 0.3 is 0 Å². The molecule has 1 saturated heterocycles. The highest BCUT2D eigenvalue weighted by atomic mass is 32.2. The topological polar surface area (TPSA) is 29.8 Å². The Morgan fingerprint density at radius 1 is 1.09 bits per heavy atom. The number of ether oxygens (including phenoxy) is 1. The van der Waals surface area contributed by atoms with Gasteiger partial charge in [0.25, 0.3) is 0 Å². The third-order valence-corrected chi connectivity index (χ3v) is 7.15. The van der Waals surface area contributed by atoms with Crippen LogP contribution in [0.2, 0.25) is 0 Å². The van der Waals surface area contributed by atoms with Gasteiger partial charge in [0.2, 0.25) is 0 Å². The van der Waals surface area contributed by atoms with Crippen molar-refractivity contribution in [2.24, 2.45) is 0 Å². The van der Waals surface area contributed by atoms with Crippen LogP contribution in [0.1, 0.15) is 30.1 Å². The third kappa shape index (κ3) is 4.38. The van der Waals surface area contributed by atoms with Gasteiger partial charge in [0.15, 0.2) is 0 Å². The zero-order chi connectivity index (χ0) is 21.9. The molecule has 1 aliphatic heterocycles. The normalized spacial score (nSPS) is 17.0. The zero-order valence-corrected chi connectivity index (χ0v) is 18.9. The Kier molecular flexibility index (Phi) is 6.14. The van der Waals surface area contributed by atoms with Gasteiger partial charge in [-0.1, -0.05) is 42.3 Å². The van der Waals surface area contributed by atoms with Crippen LogP contribution in [0.3, 0.4) is 0 Å². The lowest BCUT2D eigenvalue weighted by Gasteiger charge is -2.31. The third-order valence-electron chi connectivity index (χ3n) is 6.00. The van der Waals surface area contributed by atoms with Crippen molar-refractivity contribution >= 4 is 17.5 Å². The number of aromatic nitrogens is 2. The molecular formula is C26H26FN3OS. The smallest absolute Gasteiger partial charge is 0.123 e. The molecule has 0 unspecified atom stereocenters. The molecule has 164 valence electrons. The van der Waals surface area contributed by atoms with Crippen LogP contribution >= 0.6 is 11.9 Å². The monoisotopic (exact) mass is 447 g/mol. The molecule has 3 heterocycles. The number of pyridine rings is 1. The minimum Gasteiger partial charge on any atom is -0.497 e. The van der Waals surface area contributed by atoms with Crippen molar-refractivity contribution < 1.29 is 9.13 Å². The van der Waals surface area contributed by atoms with Gasteiger partial charge in [-0.3, -0.25) is 0 Å². The van der Waals surface area contributed by atoms with Gasteiger partial charge < -0.3 is 9.14 Å². The summed E-state index contributed by atoms with van der Waals surface area (Å²) in [7, 11) is 1.69. The maximum Gasteiger partial charge on any atom is 0.123 e. The van der Waals surface area contributed by atoms with Crippen LogP contribution in [0.15, 0.2) is 72.9 Å². The van der Waals surface area contributed by atoms with Gasteiger partial charge in [-0.15, -0.1) is 0 Å². The zero-order valence-electron chi connectivity index (χ0n) is 18.1. The summed E-state index contributed by atoms with van der Waals surface area (Å²) in [6, 6.07) is 21.2. The van der Waals surface area contributed by atoms with Crippen LogP contribution in [0.5, 0.6) is 5.75 Å². The fourth-order valence-electron chi connectivity index (χ4n) is 4.35. The number of fused-ring (bicyclic) bond motifs is 1. The first kappa shape index (κ1) is 21.0. The number of halogens is 1. The molecule has 6 heteroatoms. The van der Waals surface area contributed by atoms with E-state index >= 15 is 0 Å². The Bertz CT molecular complexity index is 1210. The van der Waals surface area contributed by atoms with E-state index in [0.717, 1.165) is 65.6 Å². The van der Waals surface area contributed by atoms with E-state index < -0.39 is 0 Å². The lowest BCUT2D eigenvalue weighted by Crippen LogP contribution is -2.30. The molecule has 0 radical (unpaired) electrons. The number of rotatable bonds is 6. The minimum atomic E-state index is -0.185. The fraction of sp³-hybridized carbons (Fsp3) is 0.269. The molecule has 2 aromatic carbocycles. The summed E-state index contributed by atoms with van der Waals surface area (Å²) in [5, 5.41) is 0. The first-order valence-corrected chi connectivity index (χ1v) is 11.9.